The number of nitrogens with one attached hydrogen (secondary N) is 2. The number of nitrogens with zero attached hydrogens (tertiary/aromatic N) is 1. The SMILES string of the molecule is C=CC(/C=C\C(=O)NC)NC(=O)CCC(=O)N1CCC(Cc2cccc(Cl)c2)CC1. The van der Waals surface area contributed by atoms with Crippen molar-refractivity contribution in [1.29, 1.82) is 0 Å². The lowest BCUT2D eigenvalue weighted by atomic mass is 9.90. The van der Waals surface area contributed by atoms with Crippen LogP contribution in [0.2, 0.25) is 5.02 Å². The minimum Gasteiger partial charge on any atom is -0.356 e. The van der Waals surface area contributed by atoms with Gasteiger partial charge in [-0.25, -0.2) is 0 Å². The zero-order valence-electron chi connectivity index (χ0n) is 17.4. The van der Waals surface area contributed by atoms with Crippen molar-refractivity contribution in [3.8, 4) is 0 Å². The van der Waals surface area contributed by atoms with Crippen molar-refractivity contribution in [2.75, 3.05) is 20.1 Å². The predicted molar refractivity (Wildman–Crippen MR) is 119 cm³/mol. The standard InChI is InChI=1S/C23H30ClN3O3/c1-3-20(7-8-21(28)25-2)26-22(29)9-10-23(30)27-13-11-17(12-14-27)15-18-5-4-6-19(24)16-18/h3-8,16-17,20H,1,9-15H2,2H3,(H,25,28)(H,26,29)/b8-7-. The van der Waals surface area contributed by atoms with Gasteiger partial charge < -0.3 is 15.5 Å². The molecular formula is C23H30ClN3O3. The predicted octanol–water partition coefficient (Wildman–Crippen LogP) is 2.87. The second kappa shape index (κ2) is 12.2. The van der Waals surface area contributed by atoms with Gasteiger partial charge in [0, 0.05) is 44.1 Å². The van der Waals surface area contributed by atoms with Crippen LogP contribution in [0, 0.1) is 5.92 Å². The summed E-state index contributed by atoms with van der Waals surface area (Å²) in [4.78, 5) is 37.7. The summed E-state index contributed by atoms with van der Waals surface area (Å²) >= 11 is 6.05. The third kappa shape index (κ3) is 8.03. The molecule has 6 nitrogen and oxygen atoms in total. The van der Waals surface area contributed by atoms with Crippen molar-refractivity contribution in [2.24, 2.45) is 5.92 Å². The first-order valence-corrected chi connectivity index (χ1v) is 10.6. The van der Waals surface area contributed by atoms with Crippen molar-refractivity contribution < 1.29 is 14.4 Å². The highest BCUT2D eigenvalue weighted by Crippen LogP contribution is 2.23. The molecule has 0 spiro atoms. The summed E-state index contributed by atoms with van der Waals surface area (Å²) in [5, 5.41) is 5.95. The second-order valence-corrected chi connectivity index (χ2v) is 7.90. The minimum atomic E-state index is -0.452. The van der Waals surface area contributed by atoms with Crippen LogP contribution in [0.1, 0.15) is 31.2 Å². The molecule has 2 N–H and O–H groups in total. The number of carbonyl (C=O) groups excluding carboxylic acids is 3. The van der Waals surface area contributed by atoms with E-state index in [1.807, 2.05) is 23.1 Å². The number of likely N-dealkylation sites (N-methyl/N-ethyl adjacent to an activating group) is 1. The van der Waals surface area contributed by atoms with Crippen LogP contribution in [0.5, 0.6) is 0 Å². The number of likely N-dealkylation sites (tertiary alicyclic amines) is 1. The Kier molecular flexibility index (Phi) is 9.61. The van der Waals surface area contributed by atoms with Crippen molar-refractivity contribution >= 4 is 29.3 Å². The Morgan fingerprint density at radius 1 is 1.27 bits per heavy atom. The number of carbonyl (C=O) groups is 3. The van der Waals surface area contributed by atoms with Gasteiger partial charge in [-0.3, -0.25) is 14.4 Å². The van der Waals surface area contributed by atoms with Crippen molar-refractivity contribution in [2.45, 2.75) is 38.1 Å². The highest BCUT2D eigenvalue weighted by molar-refractivity contribution is 6.30. The Balaban J connectivity index is 1.71. The number of amides is 3. The van der Waals surface area contributed by atoms with Gasteiger partial charge in [-0.1, -0.05) is 35.9 Å². The Morgan fingerprint density at radius 2 is 2.00 bits per heavy atom. The molecular weight excluding hydrogens is 402 g/mol. The van der Waals surface area contributed by atoms with E-state index in [2.05, 4.69) is 23.3 Å². The minimum absolute atomic E-state index is 0.00223. The molecule has 1 heterocycles. The van der Waals surface area contributed by atoms with Gasteiger partial charge in [0.2, 0.25) is 17.7 Å². The van der Waals surface area contributed by atoms with Crippen LogP contribution in [-0.4, -0.2) is 48.8 Å². The van der Waals surface area contributed by atoms with E-state index in [9.17, 15) is 14.4 Å². The Hall–Kier alpha value is -2.60. The van der Waals surface area contributed by atoms with Crippen LogP contribution in [-0.2, 0) is 20.8 Å². The summed E-state index contributed by atoms with van der Waals surface area (Å²) in [7, 11) is 1.53. The van der Waals surface area contributed by atoms with Crippen LogP contribution >= 0.6 is 11.6 Å². The maximum Gasteiger partial charge on any atom is 0.243 e. The highest BCUT2D eigenvalue weighted by atomic mass is 35.5. The molecule has 30 heavy (non-hydrogen) atoms. The molecule has 1 unspecified atom stereocenters. The van der Waals surface area contributed by atoms with E-state index in [0.717, 1.165) is 37.4 Å². The average Bonchev–Trinajstić information content (AvgIpc) is 2.75. The van der Waals surface area contributed by atoms with E-state index >= 15 is 0 Å². The van der Waals surface area contributed by atoms with Crippen molar-refractivity contribution in [3.63, 3.8) is 0 Å². The number of hydrogen-bond donors (Lipinski definition) is 2. The Bertz CT molecular complexity index is 786. The molecule has 0 aromatic heterocycles. The first-order valence-electron chi connectivity index (χ1n) is 10.2. The first-order chi connectivity index (χ1) is 14.4. The molecule has 1 aromatic rings. The maximum atomic E-state index is 12.5. The maximum absolute atomic E-state index is 12.5. The molecule has 0 aliphatic carbocycles. The lowest BCUT2D eigenvalue weighted by molar-refractivity contribution is -0.134. The molecule has 1 atom stereocenters. The normalized spacial score (nSPS) is 15.6. The summed E-state index contributed by atoms with van der Waals surface area (Å²) in [5.41, 5.74) is 1.23. The van der Waals surface area contributed by atoms with E-state index in [-0.39, 0.29) is 30.6 Å². The number of rotatable bonds is 9. The summed E-state index contributed by atoms with van der Waals surface area (Å²) in [6, 6.07) is 7.47. The van der Waals surface area contributed by atoms with E-state index < -0.39 is 6.04 Å². The molecule has 7 heteroatoms. The smallest absolute Gasteiger partial charge is 0.243 e. The lowest BCUT2D eigenvalue weighted by Gasteiger charge is -2.32. The molecule has 2 rings (SSSR count). The van der Waals surface area contributed by atoms with Crippen molar-refractivity contribution in [1.82, 2.24) is 15.5 Å². The van der Waals surface area contributed by atoms with Crippen LogP contribution in [0.4, 0.5) is 0 Å². The average molecular weight is 432 g/mol. The van der Waals surface area contributed by atoms with Gasteiger partial charge in [0.05, 0.1) is 6.04 Å². The molecule has 1 aromatic carbocycles. The van der Waals surface area contributed by atoms with Crippen LogP contribution in [0.25, 0.3) is 0 Å². The van der Waals surface area contributed by atoms with E-state index in [0.29, 0.717) is 5.92 Å². The molecule has 1 fully saturated rings. The van der Waals surface area contributed by atoms with Crippen LogP contribution < -0.4 is 10.6 Å². The second-order valence-electron chi connectivity index (χ2n) is 7.46. The first kappa shape index (κ1) is 23.7. The molecule has 0 radical (unpaired) electrons. The van der Waals surface area contributed by atoms with Gasteiger partial charge in [-0.2, -0.15) is 0 Å². The molecule has 1 saturated heterocycles. The quantitative estimate of drug-likeness (QED) is 0.466. The molecule has 162 valence electrons. The Morgan fingerprint density at radius 3 is 2.63 bits per heavy atom. The molecule has 3 amide bonds. The number of benzene rings is 1. The van der Waals surface area contributed by atoms with E-state index in [4.69, 9.17) is 11.6 Å². The molecule has 0 saturated carbocycles. The van der Waals surface area contributed by atoms with Gasteiger partial charge in [0.25, 0.3) is 0 Å². The highest BCUT2D eigenvalue weighted by Gasteiger charge is 2.23. The van der Waals surface area contributed by atoms with Crippen LogP contribution in [0.15, 0.2) is 49.1 Å². The summed E-state index contributed by atoms with van der Waals surface area (Å²) < 4.78 is 0. The number of hydrogen-bond acceptors (Lipinski definition) is 3. The fourth-order valence-corrected chi connectivity index (χ4v) is 3.69. The van der Waals surface area contributed by atoms with Gasteiger partial charge in [0.15, 0.2) is 0 Å². The summed E-state index contributed by atoms with van der Waals surface area (Å²) in [6.45, 7) is 5.08. The zero-order valence-corrected chi connectivity index (χ0v) is 18.2. The van der Waals surface area contributed by atoms with Crippen LogP contribution in [0.3, 0.4) is 0 Å². The molecule has 1 aliphatic rings. The Labute approximate surface area is 183 Å². The monoisotopic (exact) mass is 431 g/mol. The van der Waals surface area contributed by atoms with Gasteiger partial charge in [-0.15, -0.1) is 6.58 Å². The van der Waals surface area contributed by atoms with E-state index in [1.54, 1.807) is 6.08 Å². The largest absolute Gasteiger partial charge is 0.356 e. The topological polar surface area (TPSA) is 78.5 Å². The van der Waals surface area contributed by atoms with Gasteiger partial charge in [0.1, 0.15) is 0 Å². The fraction of sp³-hybridized carbons (Fsp3) is 0.435. The lowest BCUT2D eigenvalue weighted by Crippen LogP contribution is -2.39. The molecule has 1 aliphatic heterocycles. The third-order valence-corrected chi connectivity index (χ3v) is 5.46. The number of halogens is 1. The van der Waals surface area contributed by atoms with Gasteiger partial charge >= 0.3 is 0 Å². The van der Waals surface area contributed by atoms with Crippen molar-refractivity contribution in [3.05, 3.63) is 59.7 Å². The molecule has 0 bridgehead atoms. The van der Waals surface area contributed by atoms with Gasteiger partial charge in [-0.05, 0) is 42.9 Å². The number of piperidine rings is 1. The zero-order chi connectivity index (χ0) is 21.9. The summed E-state index contributed by atoms with van der Waals surface area (Å²) in [6.07, 6.45) is 7.58. The van der Waals surface area contributed by atoms with E-state index in [1.165, 1.54) is 24.8 Å². The summed E-state index contributed by atoms with van der Waals surface area (Å²) in [5.74, 6) is 0.0365. The fourth-order valence-electron chi connectivity index (χ4n) is 3.48. The third-order valence-electron chi connectivity index (χ3n) is 5.23.